The van der Waals surface area contributed by atoms with Gasteiger partial charge in [-0.25, -0.2) is 0 Å². The molecule has 1 amide bonds. The van der Waals surface area contributed by atoms with Gasteiger partial charge in [0.2, 0.25) is 5.91 Å². The minimum Gasteiger partial charge on any atom is -0.497 e. The molecule has 1 heterocycles. The molecule has 6 nitrogen and oxygen atoms in total. The summed E-state index contributed by atoms with van der Waals surface area (Å²) in [7, 11) is 4.89. The van der Waals surface area contributed by atoms with Crippen molar-refractivity contribution in [3.63, 3.8) is 0 Å². The van der Waals surface area contributed by atoms with Gasteiger partial charge in [-0.2, -0.15) is 0 Å². The minimum absolute atomic E-state index is 0.0566. The number of rotatable bonds is 7. The van der Waals surface area contributed by atoms with E-state index in [0.29, 0.717) is 18.0 Å². The van der Waals surface area contributed by atoms with E-state index in [4.69, 9.17) is 14.2 Å². The number of hydrogen-bond donors (Lipinski definition) is 1. The highest BCUT2D eigenvalue weighted by atomic mass is 16.5. The molecule has 1 aliphatic heterocycles. The number of nitrogens with one attached hydrogen (secondary N) is 1. The van der Waals surface area contributed by atoms with Gasteiger partial charge in [-0.15, -0.1) is 0 Å². The quantitative estimate of drug-likeness (QED) is 0.808. The first-order valence-electron chi connectivity index (χ1n) is 9.05. The second-order valence-corrected chi connectivity index (χ2v) is 6.48. The average Bonchev–Trinajstić information content (AvgIpc) is 3.15. The van der Waals surface area contributed by atoms with Gasteiger partial charge in [0, 0.05) is 17.7 Å². The van der Waals surface area contributed by atoms with Crippen LogP contribution in [0.15, 0.2) is 42.5 Å². The first kappa shape index (κ1) is 19.0. The second kappa shape index (κ2) is 8.77. The summed E-state index contributed by atoms with van der Waals surface area (Å²) in [5.74, 6) is 2.14. The van der Waals surface area contributed by atoms with Gasteiger partial charge in [-0.3, -0.25) is 9.69 Å². The smallest absolute Gasteiger partial charge is 0.238 e. The number of amides is 1. The number of benzene rings is 2. The van der Waals surface area contributed by atoms with E-state index in [1.54, 1.807) is 21.3 Å². The number of hydrogen-bond acceptors (Lipinski definition) is 5. The average molecular weight is 370 g/mol. The lowest BCUT2D eigenvalue weighted by atomic mass is 10.0. The Morgan fingerprint density at radius 2 is 1.85 bits per heavy atom. The second-order valence-electron chi connectivity index (χ2n) is 6.48. The van der Waals surface area contributed by atoms with Gasteiger partial charge in [-0.05, 0) is 37.6 Å². The number of para-hydroxylation sites is 2. The summed E-state index contributed by atoms with van der Waals surface area (Å²) >= 11 is 0. The zero-order chi connectivity index (χ0) is 19.2. The minimum atomic E-state index is -0.0566. The molecule has 0 aromatic heterocycles. The number of ether oxygens (including phenoxy) is 3. The van der Waals surface area contributed by atoms with Gasteiger partial charge in [0.05, 0.1) is 33.6 Å². The van der Waals surface area contributed by atoms with Crippen LogP contribution in [0.2, 0.25) is 0 Å². The SMILES string of the molecule is COc1ccc(C2CCCN2CC(=O)Nc2ccccc2OC)c(OC)c1. The van der Waals surface area contributed by atoms with Gasteiger partial charge in [0.25, 0.3) is 0 Å². The maximum absolute atomic E-state index is 12.6. The van der Waals surface area contributed by atoms with Crippen LogP contribution in [0.25, 0.3) is 0 Å². The molecule has 2 aromatic rings. The predicted octanol–water partition coefficient (Wildman–Crippen LogP) is 3.49. The predicted molar refractivity (Wildman–Crippen MR) is 105 cm³/mol. The van der Waals surface area contributed by atoms with E-state index < -0.39 is 0 Å². The van der Waals surface area contributed by atoms with E-state index in [2.05, 4.69) is 10.2 Å². The summed E-state index contributed by atoms with van der Waals surface area (Å²) in [6.45, 7) is 1.19. The van der Waals surface area contributed by atoms with Crippen molar-refractivity contribution < 1.29 is 19.0 Å². The van der Waals surface area contributed by atoms with Crippen molar-refractivity contribution in [1.29, 1.82) is 0 Å². The topological polar surface area (TPSA) is 60.0 Å². The molecule has 1 atom stereocenters. The molecule has 3 rings (SSSR count). The number of carbonyl (C=O) groups is 1. The Morgan fingerprint density at radius 1 is 1.07 bits per heavy atom. The van der Waals surface area contributed by atoms with Crippen LogP contribution >= 0.6 is 0 Å². The van der Waals surface area contributed by atoms with E-state index in [1.165, 1.54) is 0 Å². The monoisotopic (exact) mass is 370 g/mol. The first-order chi connectivity index (χ1) is 13.2. The lowest BCUT2D eigenvalue weighted by Gasteiger charge is -2.26. The molecule has 1 fully saturated rings. The van der Waals surface area contributed by atoms with Crippen LogP contribution < -0.4 is 19.5 Å². The van der Waals surface area contributed by atoms with E-state index in [0.717, 1.165) is 36.4 Å². The number of likely N-dealkylation sites (tertiary alicyclic amines) is 1. The maximum Gasteiger partial charge on any atom is 0.238 e. The van der Waals surface area contributed by atoms with E-state index in [-0.39, 0.29) is 11.9 Å². The van der Waals surface area contributed by atoms with Crippen molar-refractivity contribution in [2.24, 2.45) is 0 Å². The summed E-state index contributed by atoms with van der Waals surface area (Å²) < 4.78 is 16.1. The normalized spacial score (nSPS) is 16.8. The van der Waals surface area contributed by atoms with Crippen LogP contribution in [0.4, 0.5) is 5.69 Å². The molecule has 0 spiro atoms. The molecule has 0 aliphatic carbocycles. The zero-order valence-corrected chi connectivity index (χ0v) is 16.0. The summed E-state index contributed by atoms with van der Waals surface area (Å²) in [6, 6.07) is 13.4. The molecule has 1 N–H and O–H groups in total. The molecule has 144 valence electrons. The molecule has 0 saturated carbocycles. The molecule has 1 aliphatic rings. The van der Waals surface area contributed by atoms with E-state index >= 15 is 0 Å². The number of nitrogens with zero attached hydrogens (tertiary/aromatic N) is 1. The third-order valence-electron chi connectivity index (χ3n) is 4.89. The van der Waals surface area contributed by atoms with Gasteiger partial charge in [0.1, 0.15) is 17.2 Å². The summed E-state index contributed by atoms with van der Waals surface area (Å²) in [6.07, 6.45) is 2.03. The fourth-order valence-corrected chi connectivity index (χ4v) is 3.58. The molecule has 2 aromatic carbocycles. The van der Waals surface area contributed by atoms with Crippen molar-refractivity contribution >= 4 is 11.6 Å². The third-order valence-corrected chi connectivity index (χ3v) is 4.89. The molecule has 0 radical (unpaired) electrons. The van der Waals surface area contributed by atoms with Gasteiger partial charge < -0.3 is 19.5 Å². The van der Waals surface area contributed by atoms with Crippen LogP contribution in [0.3, 0.4) is 0 Å². The Labute approximate surface area is 160 Å². The van der Waals surface area contributed by atoms with E-state index in [1.807, 2.05) is 42.5 Å². The van der Waals surface area contributed by atoms with Crippen molar-refractivity contribution in [3.8, 4) is 17.2 Å². The van der Waals surface area contributed by atoms with Crippen LogP contribution in [-0.2, 0) is 4.79 Å². The third kappa shape index (κ3) is 4.34. The van der Waals surface area contributed by atoms with Crippen LogP contribution in [0, 0.1) is 0 Å². The van der Waals surface area contributed by atoms with Crippen LogP contribution in [0.5, 0.6) is 17.2 Å². The maximum atomic E-state index is 12.6. The summed E-state index contributed by atoms with van der Waals surface area (Å²) in [5, 5.41) is 2.95. The molecule has 1 saturated heterocycles. The lowest BCUT2D eigenvalue weighted by molar-refractivity contribution is -0.117. The summed E-state index contributed by atoms with van der Waals surface area (Å²) in [5.41, 5.74) is 1.77. The molecule has 1 unspecified atom stereocenters. The van der Waals surface area contributed by atoms with Crippen molar-refractivity contribution in [3.05, 3.63) is 48.0 Å². The molecular weight excluding hydrogens is 344 g/mol. The number of methoxy groups -OCH3 is 3. The highest BCUT2D eigenvalue weighted by Crippen LogP contribution is 2.38. The Balaban J connectivity index is 1.72. The standard InChI is InChI=1S/C21H26N2O4/c1-25-15-10-11-16(20(13-15)27-3)18-8-6-12-23(18)14-21(24)22-17-7-4-5-9-19(17)26-2/h4-5,7,9-11,13,18H,6,8,12,14H2,1-3H3,(H,22,24). The zero-order valence-electron chi connectivity index (χ0n) is 16.0. The van der Waals surface area contributed by atoms with Crippen molar-refractivity contribution in [2.45, 2.75) is 18.9 Å². The Morgan fingerprint density at radius 3 is 2.59 bits per heavy atom. The molecule has 6 heteroatoms. The van der Waals surface area contributed by atoms with E-state index in [9.17, 15) is 4.79 Å². The first-order valence-corrected chi connectivity index (χ1v) is 9.05. The molecule has 27 heavy (non-hydrogen) atoms. The van der Waals surface area contributed by atoms with Gasteiger partial charge in [-0.1, -0.05) is 18.2 Å². The number of carbonyl (C=O) groups excluding carboxylic acids is 1. The highest BCUT2D eigenvalue weighted by molar-refractivity contribution is 5.93. The molecule has 0 bridgehead atoms. The fourth-order valence-electron chi connectivity index (χ4n) is 3.58. The van der Waals surface area contributed by atoms with Crippen molar-refractivity contribution in [1.82, 2.24) is 4.90 Å². The Bertz CT molecular complexity index is 794. The lowest BCUT2D eigenvalue weighted by Crippen LogP contribution is -2.33. The van der Waals surface area contributed by atoms with Gasteiger partial charge >= 0.3 is 0 Å². The van der Waals surface area contributed by atoms with Crippen LogP contribution in [0.1, 0.15) is 24.4 Å². The van der Waals surface area contributed by atoms with Crippen LogP contribution in [-0.4, -0.2) is 45.2 Å². The highest BCUT2D eigenvalue weighted by Gasteiger charge is 2.30. The fraction of sp³-hybridized carbons (Fsp3) is 0.381. The molecular formula is C21H26N2O4. The largest absolute Gasteiger partial charge is 0.497 e. The summed E-state index contributed by atoms with van der Waals surface area (Å²) in [4.78, 5) is 14.8. The van der Waals surface area contributed by atoms with Crippen molar-refractivity contribution in [2.75, 3.05) is 39.7 Å². The Kier molecular flexibility index (Phi) is 6.19. The van der Waals surface area contributed by atoms with Gasteiger partial charge in [0.15, 0.2) is 0 Å². The Hall–Kier alpha value is -2.73. The number of anilines is 1.